The van der Waals surface area contributed by atoms with Crippen molar-refractivity contribution >= 4 is 5.91 Å². The molecular weight excluding hydrogens is 374 g/mol. The van der Waals surface area contributed by atoms with Gasteiger partial charge in [-0.3, -0.25) is 4.79 Å². The van der Waals surface area contributed by atoms with Crippen LogP contribution in [-0.2, 0) is 0 Å². The van der Waals surface area contributed by atoms with Crippen molar-refractivity contribution in [1.29, 1.82) is 0 Å². The summed E-state index contributed by atoms with van der Waals surface area (Å²) >= 11 is 0. The van der Waals surface area contributed by atoms with E-state index in [9.17, 15) is 4.79 Å². The Bertz CT molecular complexity index is 952. The average Bonchev–Trinajstić information content (AvgIpc) is 3.35. The zero-order valence-electron chi connectivity index (χ0n) is 18.6. The highest BCUT2D eigenvalue weighted by Crippen LogP contribution is 2.23. The smallest absolute Gasteiger partial charge is 0.257 e. The molecule has 0 bridgehead atoms. The largest absolute Gasteiger partial charge is 0.351 e. The topological polar surface area (TPSA) is 55.1 Å². The van der Waals surface area contributed by atoms with E-state index >= 15 is 0 Å². The molecule has 0 unspecified atom stereocenters. The fraction of sp³-hybridized carbons (Fsp3) is 0.417. The second kappa shape index (κ2) is 10.3. The maximum Gasteiger partial charge on any atom is 0.257 e. The summed E-state index contributed by atoms with van der Waals surface area (Å²) in [4.78, 5) is 15.6. The highest BCUT2D eigenvalue weighted by Gasteiger charge is 2.23. The molecule has 0 aliphatic rings. The number of nitrogens with one attached hydrogen (secondary N) is 1. The fourth-order valence-corrected chi connectivity index (χ4v) is 3.82. The molecule has 0 aliphatic carbocycles. The molecule has 0 saturated heterocycles. The first-order valence-electron chi connectivity index (χ1n) is 10.9. The minimum absolute atomic E-state index is 0.0805. The number of benzene rings is 1. The Balaban J connectivity index is 1.88. The van der Waals surface area contributed by atoms with Gasteiger partial charge in [0.1, 0.15) is 5.56 Å². The van der Waals surface area contributed by atoms with Crippen molar-refractivity contribution < 1.29 is 4.79 Å². The molecule has 0 atom stereocenters. The van der Waals surface area contributed by atoms with Gasteiger partial charge in [0.25, 0.3) is 5.91 Å². The van der Waals surface area contributed by atoms with Gasteiger partial charge < -0.3 is 14.8 Å². The molecule has 0 radical (unpaired) electrons. The number of amides is 1. The van der Waals surface area contributed by atoms with E-state index in [-0.39, 0.29) is 5.91 Å². The van der Waals surface area contributed by atoms with Crippen LogP contribution in [0.1, 0.15) is 48.3 Å². The van der Waals surface area contributed by atoms with E-state index < -0.39 is 0 Å². The van der Waals surface area contributed by atoms with Gasteiger partial charge in [0, 0.05) is 25.5 Å². The number of nitrogens with zero attached hydrogens (tertiary/aromatic N) is 4. The minimum Gasteiger partial charge on any atom is -0.351 e. The van der Waals surface area contributed by atoms with E-state index in [4.69, 9.17) is 5.10 Å². The van der Waals surface area contributed by atoms with Gasteiger partial charge in [-0.15, -0.1) is 0 Å². The van der Waals surface area contributed by atoms with E-state index in [0.717, 1.165) is 55.2 Å². The first-order valence-corrected chi connectivity index (χ1v) is 10.9. The van der Waals surface area contributed by atoms with Crippen LogP contribution in [0.4, 0.5) is 0 Å². The second-order valence-corrected chi connectivity index (χ2v) is 7.72. The minimum atomic E-state index is -0.0805. The molecule has 6 heteroatoms. The van der Waals surface area contributed by atoms with E-state index in [2.05, 4.69) is 43.1 Å². The molecule has 1 N–H and O–H groups in total. The number of hydrogen-bond donors (Lipinski definition) is 1. The summed E-state index contributed by atoms with van der Waals surface area (Å²) in [7, 11) is 0. The van der Waals surface area contributed by atoms with Gasteiger partial charge in [0.15, 0.2) is 5.82 Å². The normalized spacial score (nSPS) is 11.2. The summed E-state index contributed by atoms with van der Waals surface area (Å²) in [6.07, 6.45) is 6.13. The molecule has 30 heavy (non-hydrogen) atoms. The molecule has 2 aromatic heterocycles. The van der Waals surface area contributed by atoms with Crippen molar-refractivity contribution in [2.24, 2.45) is 0 Å². The van der Waals surface area contributed by atoms with Crippen molar-refractivity contribution in [2.45, 2.75) is 40.5 Å². The Labute approximate surface area is 179 Å². The van der Waals surface area contributed by atoms with E-state index in [1.807, 2.05) is 52.8 Å². The van der Waals surface area contributed by atoms with Crippen LogP contribution < -0.4 is 5.32 Å². The van der Waals surface area contributed by atoms with Crippen molar-refractivity contribution in [3.05, 3.63) is 65.6 Å². The van der Waals surface area contributed by atoms with Gasteiger partial charge in [0.2, 0.25) is 0 Å². The molecule has 2 heterocycles. The Kier molecular flexibility index (Phi) is 7.46. The monoisotopic (exact) mass is 407 g/mol. The van der Waals surface area contributed by atoms with Crippen LogP contribution in [0.3, 0.4) is 0 Å². The highest BCUT2D eigenvalue weighted by atomic mass is 16.1. The summed E-state index contributed by atoms with van der Waals surface area (Å²) in [5.41, 5.74) is 3.43. The zero-order valence-corrected chi connectivity index (χ0v) is 18.6. The maximum atomic E-state index is 13.2. The third-order valence-corrected chi connectivity index (χ3v) is 5.15. The SMILES string of the molecule is CCCN(CCC)CCNC(=O)c1c(C)nn(-c2cccc(C)c2)c1-n1cccc1. The van der Waals surface area contributed by atoms with Crippen LogP contribution in [0, 0.1) is 13.8 Å². The quantitative estimate of drug-likeness (QED) is 0.550. The van der Waals surface area contributed by atoms with Gasteiger partial charge >= 0.3 is 0 Å². The lowest BCUT2D eigenvalue weighted by molar-refractivity contribution is 0.0947. The van der Waals surface area contributed by atoms with Gasteiger partial charge in [-0.1, -0.05) is 26.0 Å². The number of carbonyl (C=O) groups excluding carboxylic acids is 1. The molecule has 1 amide bonds. The Hall–Kier alpha value is -2.86. The van der Waals surface area contributed by atoms with Crippen molar-refractivity contribution in [1.82, 2.24) is 24.6 Å². The Morgan fingerprint density at radius 3 is 2.37 bits per heavy atom. The summed E-state index contributed by atoms with van der Waals surface area (Å²) in [5, 5.41) is 7.84. The number of rotatable bonds is 10. The van der Waals surface area contributed by atoms with E-state index in [0.29, 0.717) is 12.1 Å². The molecule has 1 aromatic carbocycles. The van der Waals surface area contributed by atoms with Crippen LogP contribution in [-0.4, -0.2) is 51.3 Å². The molecule has 3 rings (SSSR count). The van der Waals surface area contributed by atoms with Crippen molar-refractivity contribution in [2.75, 3.05) is 26.2 Å². The molecule has 0 fully saturated rings. The molecule has 0 saturated carbocycles. The lowest BCUT2D eigenvalue weighted by Gasteiger charge is -2.21. The van der Waals surface area contributed by atoms with Gasteiger partial charge in [-0.05, 0) is 69.6 Å². The van der Waals surface area contributed by atoms with Crippen molar-refractivity contribution in [3.63, 3.8) is 0 Å². The predicted octanol–water partition coefficient (Wildman–Crippen LogP) is 4.13. The lowest BCUT2D eigenvalue weighted by atomic mass is 10.2. The standard InChI is InChI=1S/C24H33N5O/c1-5-13-27(14-6-2)17-12-25-23(30)22-20(4)26-29(21-11-9-10-19(3)18-21)24(22)28-15-7-8-16-28/h7-11,15-16,18H,5-6,12-14,17H2,1-4H3,(H,25,30). The summed E-state index contributed by atoms with van der Waals surface area (Å²) in [6, 6.07) is 12.1. The van der Waals surface area contributed by atoms with Gasteiger partial charge in [0.05, 0.1) is 11.4 Å². The lowest BCUT2D eigenvalue weighted by Crippen LogP contribution is -2.36. The third-order valence-electron chi connectivity index (χ3n) is 5.15. The summed E-state index contributed by atoms with van der Waals surface area (Å²) in [6.45, 7) is 11.9. The highest BCUT2D eigenvalue weighted by molar-refractivity contribution is 5.98. The predicted molar refractivity (Wildman–Crippen MR) is 122 cm³/mol. The van der Waals surface area contributed by atoms with Gasteiger partial charge in [-0.2, -0.15) is 5.10 Å². The molecular formula is C24H33N5O. The number of carbonyl (C=O) groups is 1. The van der Waals surface area contributed by atoms with Crippen LogP contribution in [0.5, 0.6) is 0 Å². The third kappa shape index (κ3) is 5.00. The molecule has 0 spiro atoms. The van der Waals surface area contributed by atoms with E-state index in [1.165, 1.54) is 0 Å². The van der Waals surface area contributed by atoms with Crippen LogP contribution >= 0.6 is 0 Å². The molecule has 3 aromatic rings. The maximum absolute atomic E-state index is 13.2. The average molecular weight is 408 g/mol. The summed E-state index contributed by atoms with van der Waals surface area (Å²) < 4.78 is 3.81. The second-order valence-electron chi connectivity index (χ2n) is 7.72. The molecule has 160 valence electrons. The Morgan fingerprint density at radius 1 is 1.03 bits per heavy atom. The fourth-order valence-electron chi connectivity index (χ4n) is 3.82. The Morgan fingerprint density at radius 2 is 1.73 bits per heavy atom. The van der Waals surface area contributed by atoms with Crippen LogP contribution in [0.25, 0.3) is 11.5 Å². The summed E-state index contributed by atoms with van der Waals surface area (Å²) in [5.74, 6) is 0.683. The first kappa shape index (κ1) is 21.8. The van der Waals surface area contributed by atoms with E-state index in [1.54, 1.807) is 0 Å². The number of aryl methyl sites for hydroxylation is 2. The molecule has 6 nitrogen and oxygen atoms in total. The zero-order chi connectivity index (χ0) is 21.5. The number of aromatic nitrogens is 3. The molecule has 0 aliphatic heterocycles. The van der Waals surface area contributed by atoms with Gasteiger partial charge in [-0.25, -0.2) is 4.68 Å². The van der Waals surface area contributed by atoms with Crippen molar-refractivity contribution in [3.8, 4) is 11.5 Å². The number of hydrogen-bond acceptors (Lipinski definition) is 3. The van der Waals surface area contributed by atoms with Crippen LogP contribution in [0.2, 0.25) is 0 Å². The van der Waals surface area contributed by atoms with Crippen LogP contribution in [0.15, 0.2) is 48.8 Å². The first-order chi connectivity index (χ1) is 14.5.